The summed E-state index contributed by atoms with van der Waals surface area (Å²) in [6.45, 7) is 3.95. The molecule has 21 heavy (non-hydrogen) atoms. The molecule has 1 heterocycles. The lowest BCUT2D eigenvalue weighted by Gasteiger charge is -2.12. The molecule has 0 bridgehead atoms. The van der Waals surface area contributed by atoms with Crippen LogP contribution in [0.1, 0.15) is 43.7 Å². The zero-order valence-electron chi connectivity index (χ0n) is 12.5. The van der Waals surface area contributed by atoms with Gasteiger partial charge in [-0.05, 0) is 31.0 Å². The Bertz CT molecular complexity index is 581. The molecule has 0 aliphatic heterocycles. The fourth-order valence-corrected chi connectivity index (χ4v) is 1.87. The highest BCUT2D eigenvalue weighted by Crippen LogP contribution is 2.30. The van der Waals surface area contributed by atoms with Gasteiger partial charge in [0.1, 0.15) is 0 Å². The van der Waals surface area contributed by atoms with E-state index in [0.29, 0.717) is 23.2 Å². The molecular weight excluding hydrogens is 272 g/mol. The van der Waals surface area contributed by atoms with E-state index in [2.05, 4.69) is 17.1 Å². The maximum Gasteiger partial charge on any atom is 0.226 e. The molecule has 1 atom stereocenters. The Labute approximate surface area is 123 Å². The highest BCUT2D eigenvalue weighted by Gasteiger charge is 2.11. The SMILES string of the molecule is CCCc1nc(COc2ccc([C@H](C)O)cc2OC)no1. The lowest BCUT2D eigenvalue weighted by molar-refractivity contribution is 0.198. The molecule has 2 rings (SSSR count). The standard InChI is InChI=1S/C15H20N2O4/c1-4-5-15-16-14(17-21-15)9-20-12-7-6-11(10(2)18)8-13(12)19-3/h6-8,10,18H,4-5,9H2,1-3H3/t10-/m0/s1. The van der Waals surface area contributed by atoms with E-state index in [0.717, 1.165) is 18.4 Å². The van der Waals surface area contributed by atoms with E-state index in [1.165, 1.54) is 0 Å². The minimum atomic E-state index is -0.554. The van der Waals surface area contributed by atoms with E-state index in [4.69, 9.17) is 14.0 Å². The zero-order valence-corrected chi connectivity index (χ0v) is 12.5. The van der Waals surface area contributed by atoms with Crippen LogP contribution in [0.2, 0.25) is 0 Å². The fraction of sp³-hybridized carbons (Fsp3) is 0.467. The molecule has 6 heteroatoms. The molecule has 0 saturated heterocycles. The average Bonchev–Trinajstić information content (AvgIpc) is 2.93. The maximum atomic E-state index is 9.57. The maximum absolute atomic E-state index is 9.57. The molecule has 0 saturated carbocycles. The van der Waals surface area contributed by atoms with E-state index >= 15 is 0 Å². The van der Waals surface area contributed by atoms with Crippen molar-refractivity contribution in [2.75, 3.05) is 7.11 Å². The summed E-state index contributed by atoms with van der Waals surface area (Å²) in [6, 6.07) is 5.30. The second kappa shape index (κ2) is 7.08. The monoisotopic (exact) mass is 292 g/mol. The van der Waals surface area contributed by atoms with Crippen LogP contribution in [-0.4, -0.2) is 22.4 Å². The molecule has 0 aliphatic carbocycles. The highest BCUT2D eigenvalue weighted by molar-refractivity contribution is 5.43. The first-order valence-electron chi connectivity index (χ1n) is 6.94. The highest BCUT2D eigenvalue weighted by atomic mass is 16.5. The second-order valence-electron chi connectivity index (χ2n) is 4.73. The summed E-state index contributed by atoms with van der Waals surface area (Å²) in [5.74, 6) is 2.25. The number of hydrogen-bond donors (Lipinski definition) is 1. The van der Waals surface area contributed by atoms with Crippen molar-refractivity contribution in [3.05, 3.63) is 35.5 Å². The predicted octanol–water partition coefficient (Wildman–Crippen LogP) is 2.66. The van der Waals surface area contributed by atoms with Crippen LogP contribution in [0.4, 0.5) is 0 Å². The first kappa shape index (κ1) is 15.3. The van der Waals surface area contributed by atoms with Gasteiger partial charge in [-0.25, -0.2) is 0 Å². The smallest absolute Gasteiger partial charge is 0.226 e. The average molecular weight is 292 g/mol. The van der Waals surface area contributed by atoms with Gasteiger partial charge in [0.05, 0.1) is 13.2 Å². The van der Waals surface area contributed by atoms with Crippen LogP contribution < -0.4 is 9.47 Å². The van der Waals surface area contributed by atoms with Gasteiger partial charge >= 0.3 is 0 Å². The lowest BCUT2D eigenvalue weighted by atomic mass is 10.1. The van der Waals surface area contributed by atoms with E-state index in [-0.39, 0.29) is 6.61 Å². The molecule has 0 radical (unpaired) electrons. The van der Waals surface area contributed by atoms with Crippen molar-refractivity contribution in [1.82, 2.24) is 10.1 Å². The van der Waals surface area contributed by atoms with Gasteiger partial charge in [0.2, 0.25) is 11.7 Å². The van der Waals surface area contributed by atoms with Crippen LogP contribution in [0.15, 0.2) is 22.7 Å². The molecule has 0 aliphatic rings. The Morgan fingerprint density at radius 1 is 1.33 bits per heavy atom. The summed E-state index contributed by atoms with van der Waals surface area (Å²) < 4.78 is 16.0. The Morgan fingerprint density at radius 2 is 2.14 bits per heavy atom. The van der Waals surface area contributed by atoms with Crippen molar-refractivity contribution in [2.45, 2.75) is 39.4 Å². The van der Waals surface area contributed by atoms with Gasteiger partial charge in [0, 0.05) is 6.42 Å². The quantitative estimate of drug-likeness (QED) is 0.845. The molecule has 0 fully saturated rings. The van der Waals surface area contributed by atoms with Crippen LogP contribution in [0.25, 0.3) is 0 Å². The third-order valence-electron chi connectivity index (χ3n) is 3.00. The van der Waals surface area contributed by atoms with E-state index in [1.54, 1.807) is 32.2 Å². The number of aliphatic hydroxyl groups excluding tert-OH is 1. The number of aryl methyl sites for hydroxylation is 1. The normalized spacial score (nSPS) is 12.2. The van der Waals surface area contributed by atoms with Crippen LogP contribution in [0.3, 0.4) is 0 Å². The largest absolute Gasteiger partial charge is 0.493 e. The summed E-state index contributed by atoms with van der Waals surface area (Å²) in [7, 11) is 1.56. The lowest BCUT2D eigenvalue weighted by Crippen LogP contribution is -2.01. The van der Waals surface area contributed by atoms with Crippen LogP contribution >= 0.6 is 0 Å². The summed E-state index contributed by atoms with van der Waals surface area (Å²) >= 11 is 0. The Hall–Kier alpha value is -2.08. The van der Waals surface area contributed by atoms with Gasteiger partial charge in [-0.2, -0.15) is 4.98 Å². The number of aliphatic hydroxyl groups is 1. The molecule has 0 unspecified atom stereocenters. The molecule has 0 spiro atoms. The van der Waals surface area contributed by atoms with Crippen molar-refractivity contribution < 1.29 is 19.1 Å². The minimum Gasteiger partial charge on any atom is -0.493 e. The summed E-state index contributed by atoms with van der Waals surface area (Å²) in [4.78, 5) is 4.23. The van der Waals surface area contributed by atoms with Crippen molar-refractivity contribution in [3.8, 4) is 11.5 Å². The number of rotatable bonds is 7. The molecule has 1 aromatic heterocycles. The molecular formula is C15H20N2O4. The number of ether oxygens (including phenoxy) is 2. The van der Waals surface area contributed by atoms with Gasteiger partial charge in [0.25, 0.3) is 0 Å². The van der Waals surface area contributed by atoms with E-state index in [9.17, 15) is 5.11 Å². The first-order valence-corrected chi connectivity index (χ1v) is 6.94. The minimum absolute atomic E-state index is 0.206. The predicted molar refractivity (Wildman–Crippen MR) is 76.3 cm³/mol. The number of hydrogen-bond acceptors (Lipinski definition) is 6. The Kier molecular flexibility index (Phi) is 5.16. The number of benzene rings is 1. The van der Waals surface area contributed by atoms with Crippen LogP contribution in [-0.2, 0) is 13.0 Å². The van der Waals surface area contributed by atoms with Crippen molar-refractivity contribution in [3.63, 3.8) is 0 Å². The summed E-state index contributed by atoms with van der Waals surface area (Å²) in [5.41, 5.74) is 0.768. The topological polar surface area (TPSA) is 77.6 Å². The van der Waals surface area contributed by atoms with Gasteiger partial charge in [-0.3, -0.25) is 0 Å². The number of aromatic nitrogens is 2. The van der Waals surface area contributed by atoms with Gasteiger partial charge < -0.3 is 19.1 Å². The zero-order chi connectivity index (χ0) is 15.2. The van der Waals surface area contributed by atoms with Crippen molar-refractivity contribution in [1.29, 1.82) is 0 Å². The van der Waals surface area contributed by atoms with Crippen LogP contribution in [0, 0.1) is 0 Å². The summed E-state index contributed by atoms with van der Waals surface area (Å²) in [5, 5.41) is 13.4. The molecule has 0 amide bonds. The van der Waals surface area contributed by atoms with Gasteiger partial charge in [-0.15, -0.1) is 0 Å². The van der Waals surface area contributed by atoms with Crippen molar-refractivity contribution >= 4 is 0 Å². The first-order chi connectivity index (χ1) is 10.1. The second-order valence-corrected chi connectivity index (χ2v) is 4.73. The Balaban J connectivity index is 2.04. The molecule has 6 nitrogen and oxygen atoms in total. The molecule has 1 N–H and O–H groups in total. The van der Waals surface area contributed by atoms with Gasteiger partial charge in [0.15, 0.2) is 18.1 Å². The van der Waals surface area contributed by atoms with E-state index in [1.807, 2.05) is 0 Å². The number of nitrogens with zero attached hydrogens (tertiary/aromatic N) is 2. The third-order valence-corrected chi connectivity index (χ3v) is 3.00. The van der Waals surface area contributed by atoms with Crippen LogP contribution in [0.5, 0.6) is 11.5 Å². The third kappa shape index (κ3) is 3.95. The number of methoxy groups -OCH3 is 1. The van der Waals surface area contributed by atoms with Gasteiger partial charge in [-0.1, -0.05) is 18.1 Å². The molecule has 114 valence electrons. The molecule has 1 aromatic carbocycles. The van der Waals surface area contributed by atoms with Crippen molar-refractivity contribution in [2.24, 2.45) is 0 Å². The Morgan fingerprint density at radius 3 is 2.81 bits per heavy atom. The van der Waals surface area contributed by atoms with E-state index < -0.39 is 6.10 Å². The summed E-state index contributed by atoms with van der Waals surface area (Å²) in [6.07, 6.45) is 1.16. The fourth-order valence-electron chi connectivity index (χ4n) is 1.87. The molecule has 2 aromatic rings.